The van der Waals surface area contributed by atoms with Gasteiger partial charge in [-0.3, -0.25) is 4.99 Å². The van der Waals surface area contributed by atoms with E-state index in [9.17, 15) is 4.39 Å². The van der Waals surface area contributed by atoms with Crippen molar-refractivity contribution >= 4 is 35.6 Å². The Labute approximate surface area is 177 Å². The van der Waals surface area contributed by atoms with Gasteiger partial charge in [0.25, 0.3) is 0 Å². The fourth-order valence-corrected chi connectivity index (χ4v) is 2.44. The fourth-order valence-electron chi connectivity index (χ4n) is 2.44. The first-order valence-corrected chi connectivity index (χ1v) is 8.86. The van der Waals surface area contributed by atoms with Crippen LogP contribution in [0.15, 0.2) is 39.8 Å². The number of benzene rings is 1. The van der Waals surface area contributed by atoms with Gasteiger partial charge >= 0.3 is 0 Å². The van der Waals surface area contributed by atoms with E-state index < -0.39 is 0 Å². The highest BCUT2D eigenvalue weighted by molar-refractivity contribution is 14.0. The van der Waals surface area contributed by atoms with E-state index in [1.807, 2.05) is 24.1 Å². The first-order valence-electron chi connectivity index (χ1n) is 8.86. The van der Waals surface area contributed by atoms with Crippen molar-refractivity contribution < 1.29 is 8.91 Å². The van der Waals surface area contributed by atoms with Crippen molar-refractivity contribution in [2.75, 3.05) is 32.1 Å². The third-order valence-corrected chi connectivity index (χ3v) is 4.03. The van der Waals surface area contributed by atoms with E-state index in [2.05, 4.69) is 34.6 Å². The largest absolute Gasteiger partial charge is 0.374 e. The van der Waals surface area contributed by atoms with Crippen molar-refractivity contribution in [3.63, 3.8) is 0 Å². The van der Waals surface area contributed by atoms with E-state index in [0.29, 0.717) is 18.4 Å². The van der Waals surface area contributed by atoms with Crippen molar-refractivity contribution in [1.82, 2.24) is 15.8 Å². The lowest BCUT2D eigenvalue weighted by Crippen LogP contribution is -2.38. The van der Waals surface area contributed by atoms with Crippen LogP contribution in [-0.2, 0) is 6.54 Å². The van der Waals surface area contributed by atoms with Crippen molar-refractivity contribution in [3.8, 4) is 0 Å². The molecular formula is C19H29FIN5O. The van der Waals surface area contributed by atoms with Crippen molar-refractivity contribution in [2.24, 2.45) is 4.99 Å². The molecule has 27 heavy (non-hydrogen) atoms. The summed E-state index contributed by atoms with van der Waals surface area (Å²) in [7, 11) is 3.69. The lowest BCUT2D eigenvalue weighted by atomic mass is 10.1. The normalized spacial score (nSPS) is 11.3. The van der Waals surface area contributed by atoms with Gasteiger partial charge in [0.15, 0.2) is 11.7 Å². The molecule has 0 atom stereocenters. The Bertz CT molecular complexity index is 720. The summed E-state index contributed by atoms with van der Waals surface area (Å²) in [4.78, 5) is 6.23. The molecule has 150 valence electrons. The van der Waals surface area contributed by atoms with E-state index in [0.717, 1.165) is 36.7 Å². The van der Waals surface area contributed by atoms with Gasteiger partial charge in [-0.05, 0) is 30.5 Å². The number of hydrogen-bond donors (Lipinski definition) is 2. The molecule has 2 N–H and O–H groups in total. The monoisotopic (exact) mass is 489 g/mol. The predicted octanol–water partition coefficient (Wildman–Crippen LogP) is 3.75. The highest BCUT2D eigenvalue weighted by Gasteiger charge is 2.08. The Balaban J connectivity index is 0.00000364. The Morgan fingerprint density at radius 1 is 1.30 bits per heavy atom. The summed E-state index contributed by atoms with van der Waals surface area (Å²) < 4.78 is 18.6. The van der Waals surface area contributed by atoms with Crippen molar-refractivity contribution in [1.29, 1.82) is 0 Å². The zero-order valence-corrected chi connectivity index (χ0v) is 18.7. The summed E-state index contributed by atoms with van der Waals surface area (Å²) in [6, 6.07) is 8.57. The number of nitrogens with one attached hydrogen (secondary N) is 2. The Morgan fingerprint density at radius 2 is 2.07 bits per heavy atom. The molecule has 0 amide bonds. The number of guanidine groups is 1. The minimum absolute atomic E-state index is 0. The molecule has 2 aromatic rings. The molecule has 0 aliphatic heterocycles. The highest BCUT2D eigenvalue weighted by Crippen LogP contribution is 2.14. The van der Waals surface area contributed by atoms with Crippen LogP contribution < -0.4 is 15.5 Å². The zero-order valence-electron chi connectivity index (χ0n) is 16.3. The van der Waals surface area contributed by atoms with Gasteiger partial charge in [0.05, 0.1) is 12.2 Å². The first kappa shape index (κ1) is 23.2. The smallest absolute Gasteiger partial charge is 0.191 e. The number of hydrogen-bond acceptors (Lipinski definition) is 4. The second-order valence-corrected chi connectivity index (χ2v) is 6.48. The third kappa shape index (κ3) is 7.74. The van der Waals surface area contributed by atoms with Crippen LogP contribution in [0.25, 0.3) is 0 Å². The van der Waals surface area contributed by atoms with Crippen LogP contribution in [0.3, 0.4) is 0 Å². The van der Waals surface area contributed by atoms with Gasteiger partial charge < -0.3 is 20.1 Å². The highest BCUT2D eigenvalue weighted by atomic mass is 127. The zero-order chi connectivity index (χ0) is 18.9. The molecule has 0 fully saturated rings. The van der Waals surface area contributed by atoms with Gasteiger partial charge in [-0.25, -0.2) is 4.39 Å². The molecule has 2 rings (SSSR count). The number of nitrogens with zero attached hydrogens (tertiary/aromatic N) is 3. The van der Waals surface area contributed by atoms with Gasteiger partial charge in [-0.1, -0.05) is 25.1 Å². The molecule has 1 aromatic carbocycles. The van der Waals surface area contributed by atoms with Crippen LogP contribution in [0.4, 0.5) is 10.1 Å². The lowest BCUT2D eigenvalue weighted by molar-refractivity contribution is 0.372. The van der Waals surface area contributed by atoms with Crippen LogP contribution in [0.2, 0.25) is 0 Å². The van der Waals surface area contributed by atoms with Gasteiger partial charge in [0, 0.05) is 38.9 Å². The molecule has 6 nitrogen and oxygen atoms in total. The molecule has 0 bridgehead atoms. The summed E-state index contributed by atoms with van der Waals surface area (Å²) in [6.45, 7) is 6.26. The molecule has 1 aromatic heterocycles. The molecule has 0 aliphatic rings. The second kappa shape index (κ2) is 11.8. The predicted molar refractivity (Wildman–Crippen MR) is 118 cm³/mol. The molecule has 0 spiro atoms. The van der Waals surface area contributed by atoms with E-state index in [1.54, 1.807) is 13.1 Å². The van der Waals surface area contributed by atoms with Crippen molar-refractivity contribution in [3.05, 3.63) is 47.6 Å². The quantitative estimate of drug-likeness (QED) is 0.256. The maximum atomic E-state index is 13.3. The van der Waals surface area contributed by atoms with Crippen LogP contribution in [0, 0.1) is 5.82 Å². The van der Waals surface area contributed by atoms with E-state index in [1.165, 1.54) is 12.1 Å². The second-order valence-electron chi connectivity index (χ2n) is 6.48. The van der Waals surface area contributed by atoms with Crippen LogP contribution in [-0.4, -0.2) is 38.3 Å². The molecule has 0 unspecified atom stereocenters. The summed E-state index contributed by atoms with van der Waals surface area (Å²) in [5, 5.41) is 10.5. The molecule has 0 saturated heterocycles. The molecule has 0 aliphatic carbocycles. The van der Waals surface area contributed by atoms with Gasteiger partial charge in [-0.2, -0.15) is 0 Å². The maximum Gasteiger partial charge on any atom is 0.191 e. The molecular weight excluding hydrogens is 460 g/mol. The van der Waals surface area contributed by atoms with E-state index in [4.69, 9.17) is 4.52 Å². The topological polar surface area (TPSA) is 65.7 Å². The minimum Gasteiger partial charge on any atom is -0.374 e. The van der Waals surface area contributed by atoms with Gasteiger partial charge in [0.2, 0.25) is 0 Å². The fraction of sp³-hybridized carbons (Fsp3) is 0.474. The van der Waals surface area contributed by atoms with Gasteiger partial charge in [-0.15, -0.1) is 24.0 Å². The Hall–Kier alpha value is -1.84. The van der Waals surface area contributed by atoms with E-state index in [-0.39, 0.29) is 29.8 Å². The molecule has 0 saturated carbocycles. The number of rotatable bonds is 8. The molecule has 8 heteroatoms. The van der Waals surface area contributed by atoms with Crippen molar-refractivity contribution in [2.45, 2.75) is 32.7 Å². The number of aromatic nitrogens is 1. The summed E-state index contributed by atoms with van der Waals surface area (Å²) in [5.41, 5.74) is 1.82. The Morgan fingerprint density at radius 3 is 2.70 bits per heavy atom. The first-order chi connectivity index (χ1) is 12.5. The summed E-state index contributed by atoms with van der Waals surface area (Å²) >= 11 is 0. The number of anilines is 1. The standard InChI is InChI=1S/C19H28FN5O.HI/c1-14(2)18-12-17(26-24-18)13-23-19(21-3)22-9-6-10-25(4)16-8-5-7-15(20)11-16;/h5,7-8,11-12,14H,6,9-10,13H2,1-4H3,(H2,21,22,23);1H. The summed E-state index contributed by atoms with van der Waals surface area (Å²) in [5.74, 6) is 1.62. The van der Waals surface area contributed by atoms with Crippen LogP contribution >= 0.6 is 24.0 Å². The number of halogens is 2. The van der Waals surface area contributed by atoms with Gasteiger partial charge in [0.1, 0.15) is 5.82 Å². The van der Waals surface area contributed by atoms with Crippen LogP contribution in [0.5, 0.6) is 0 Å². The molecule has 0 radical (unpaired) electrons. The van der Waals surface area contributed by atoms with E-state index >= 15 is 0 Å². The van der Waals surface area contributed by atoms with Crippen LogP contribution in [0.1, 0.15) is 37.6 Å². The average Bonchev–Trinajstić information content (AvgIpc) is 3.10. The lowest BCUT2D eigenvalue weighted by Gasteiger charge is -2.19. The maximum absolute atomic E-state index is 13.3. The number of aliphatic imine (C=N–C) groups is 1. The SMILES string of the molecule is CN=C(NCCCN(C)c1cccc(F)c1)NCc1cc(C(C)C)no1.I. The minimum atomic E-state index is -0.217. The average molecular weight is 489 g/mol. The molecule has 1 heterocycles. The Kier molecular flexibility index (Phi) is 10.1. The summed E-state index contributed by atoms with van der Waals surface area (Å²) in [6.07, 6.45) is 0.896. The third-order valence-electron chi connectivity index (χ3n) is 4.03.